The van der Waals surface area contributed by atoms with Crippen molar-refractivity contribution < 1.29 is 29.6 Å². The average Bonchev–Trinajstić information content (AvgIpc) is 2.76. The summed E-state index contributed by atoms with van der Waals surface area (Å²) in [6.07, 6.45) is 4.17. The van der Waals surface area contributed by atoms with E-state index in [4.69, 9.17) is 0 Å². The van der Waals surface area contributed by atoms with Crippen molar-refractivity contribution in [1.29, 1.82) is 0 Å². The van der Waals surface area contributed by atoms with Gasteiger partial charge in [-0.25, -0.2) is 0 Å². The summed E-state index contributed by atoms with van der Waals surface area (Å²) in [5.41, 5.74) is 0.813. The summed E-state index contributed by atoms with van der Waals surface area (Å²) in [5.74, 6) is -0.524. The molecule has 0 heterocycles. The van der Waals surface area contributed by atoms with Gasteiger partial charge in [-0.3, -0.25) is 14.2 Å². The van der Waals surface area contributed by atoms with Crippen molar-refractivity contribution in [3.05, 3.63) is 30.3 Å². The third kappa shape index (κ3) is 10.6. The largest absolute Gasteiger partial charge is 0.412 e. The zero-order chi connectivity index (χ0) is 24.4. The van der Waals surface area contributed by atoms with E-state index in [1.54, 1.807) is 6.92 Å². The molecule has 194 valence electrons. The Morgan fingerprint density at radius 1 is 1.06 bits per heavy atom. The minimum Gasteiger partial charge on any atom is -0.412 e. The molecule has 1 unspecified atom stereocenters. The maximum Gasteiger partial charge on any atom is 0.243 e. The third-order valence-corrected chi connectivity index (χ3v) is 8.15. The van der Waals surface area contributed by atoms with Gasteiger partial charge >= 0.3 is 0 Å². The molecular weight excluding hydrogens is 457 g/mol. The Kier molecular flexibility index (Phi) is 12.8. The van der Waals surface area contributed by atoms with Crippen LogP contribution in [-0.4, -0.2) is 64.3 Å². The molecule has 34 heavy (non-hydrogen) atoms. The highest BCUT2D eigenvalue weighted by molar-refractivity contribution is 7.58. The van der Waals surface area contributed by atoms with Crippen LogP contribution in [0.4, 0.5) is 5.69 Å². The molecule has 10 heteroatoms. The number of carbonyl (C=O) groups excluding carboxylic acids is 2. The number of rotatable bonds is 12. The van der Waals surface area contributed by atoms with Crippen LogP contribution in [0.15, 0.2) is 30.3 Å². The van der Waals surface area contributed by atoms with Crippen LogP contribution in [0.5, 0.6) is 0 Å². The van der Waals surface area contributed by atoms with Crippen molar-refractivity contribution >= 4 is 24.9 Å². The van der Waals surface area contributed by atoms with Crippen molar-refractivity contribution in [2.75, 3.05) is 24.2 Å². The first-order chi connectivity index (χ1) is 15.6. The molecule has 0 radical (unpaired) electrons. The fraction of sp³-hybridized carbons (Fsp3) is 0.667. The number of para-hydroxylation sites is 1. The van der Waals surface area contributed by atoms with Crippen LogP contribution in [0.3, 0.4) is 0 Å². The van der Waals surface area contributed by atoms with Gasteiger partial charge in [-0.05, 0) is 43.7 Å². The summed E-state index contributed by atoms with van der Waals surface area (Å²) in [5, 5.41) is 18.7. The fourth-order valence-corrected chi connectivity index (χ4v) is 6.34. The Labute approximate surface area is 202 Å². The van der Waals surface area contributed by atoms with E-state index in [9.17, 15) is 24.2 Å². The second-order valence-corrected chi connectivity index (χ2v) is 12.0. The molecule has 0 bridgehead atoms. The third-order valence-electron chi connectivity index (χ3n) is 6.07. The molecule has 0 saturated heterocycles. The summed E-state index contributed by atoms with van der Waals surface area (Å²) >= 11 is 0. The smallest absolute Gasteiger partial charge is 0.243 e. The first-order valence-corrected chi connectivity index (χ1v) is 14.0. The van der Waals surface area contributed by atoms with E-state index in [0.29, 0.717) is 0 Å². The van der Waals surface area contributed by atoms with E-state index in [1.807, 2.05) is 44.2 Å². The topological polar surface area (TPSA) is 159 Å². The number of aliphatic hydroxyl groups excluding tert-OH is 1. The predicted molar refractivity (Wildman–Crippen MR) is 135 cm³/mol. The summed E-state index contributed by atoms with van der Waals surface area (Å²) in [4.78, 5) is 35.5. The van der Waals surface area contributed by atoms with Gasteiger partial charge in [-0.1, -0.05) is 51.3 Å². The molecule has 1 aliphatic carbocycles. The first-order valence-electron chi connectivity index (χ1n) is 12.0. The number of benzene rings is 1. The maximum atomic E-state index is 12.7. The van der Waals surface area contributed by atoms with Crippen LogP contribution in [-0.2, 0) is 14.2 Å². The normalized spacial score (nSPS) is 18.6. The molecule has 1 aromatic rings. The Bertz CT molecular complexity index is 801. The molecule has 1 aliphatic rings. The van der Waals surface area contributed by atoms with Crippen LogP contribution in [0.25, 0.3) is 0 Å². The number of nitrogens with one attached hydrogen (secondary N) is 3. The van der Waals surface area contributed by atoms with Gasteiger partial charge < -0.3 is 31.4 Å². The number of amides is 2. The second kappa shape index (κ2) is 14.5. The van der Waals surface area contributed by atoms with E-state index in [2.05, 4.69) is 16.0 Å². The van der Waals surface area contributed by atoms with Gasteiger partial charge in [0.25, 0.3) is 0 Å². The van der Waals surface area contributed by atoms with E-state index >= 15 is 0 Å². The van der Waals surface area contributed by atoms with Gasteiger partial charge in [0.05, 0.1) is 12.3 Å². The molecule has 1 fully saturated rings. The Morgan fingerprint density at radius 3 is 2.26 bits per heavy atom. The summed E-state index contributed by atoms with van der Waals surface area (Å²) in [6.45, 7) is 5.27. The van der Waals surface area contributed by atoms with Gasteiger partial charge in [-0.2, -0.15) is 0 Å². The molecule has 4 atom stereocenters. The first kappa shape index (κ1) is 30.1. The lowest BCUT2D eigenvalue weighted by Gasteiger charge is -2.26. The minimum atomic E-state index is -3.46. The van der Waals surface area contributed by atoms with Gasteiger partial charge in [0.15, 0.2) is 0 Å². The molecule has 2 rings (SSSR count). The van der Waals surface area contributed by atoms with Crippen molar-refractivity contribution in [1.82, 2.24) is 10.6 Å². The van der Waals surface area contributed by atoms with Crippen molar-refractivity contribution in [3.63, 3.8) is 0 Å². The quantitative estimate of drug-likeness (QED) is 0.277. The Balaban J connectivity index is 0.00000578. The monoisotopic (exact) mass is 499 g/mol. The van der Waals surface area contributed by atoms with Gasteiger partial charge in [0.2, 0.25) is 19.2 Å². The minimum absolute atomic E-state index is 0. The molecular formula is C24H42N3O6P. The highest BCUT2D eigenvalue weighted by Gasteiger charge is 2.29. The molecule has 1 saturated carbocycles. The average molecular weight is 500 g/mol. The summed E-state index contributed by atoms with van der Waals surface area (Å²) in [6, 6.07) is 8.05. The second-order valence-electron chi connectivity index (χ2n) is 9.58. The number of hydrogen-bond donors (Lipinski definition) is 5. The van der Waals surface area contributed by atoms with Crippen molar-refractivity contribution in [3.8, 4) is 0 Å². The van der Waals surface area contributed by atoms with Crippen LogP contribution in [0.1, 0.15) is 52.9 Å². The van der Waals surface area contributed by atoms with Crippen LogP contribution in [0.2, 0.25) is 0 Å². The molecule has 9 nitrogen and oxygen atoms in total. The Hall–Kier alpha value is -1.93. The van der Waals surface area contributed by atoms with Crippen molar-refractivity contribution in [2.45, 2.75) is 71.1 Å². The number of anilines is 1. The SMILES string of the molecule is CC(C)[C@H](Nc1ccccc1)C(=O)N[C@@H](C)C(=O)NC[C@H](O)CP(=O)(O)CC1CCCCC1.O. The number of aliphatic hydroxyl groups is 1. The maximum absolute atomic E-state index is 12.7. The summed E-state index contributed by atoms with van der Waals surface area (Å²) in [7, 11) is -3.46. The zero-order valence-corrected chi connectivity index (χ0v) is 21.4. The molecule has 0 aromatic heterocycles. The van der Waals surface area contributed by atoms with Crippen LogP contribution in [0, 0.1) is 11.8 Å². The number of carbonyl (C=O) groups is 2. The van der Waals surface area contributed by atoms with Crippen LogP contribution < -0.4 is 16.0 Å². The highest BCUT2D eigenvalue weighted by Crippen LogP contribution is 2.45. The standard InChI is InChI=1S/C24H40N3O5P.H2O/c1-17(2)22(27-20-12-8-5-9-13-20)24(30)26-18(3)23(29)25-14-21(28)16-33(31,32)15-19-10-6-4-7-11-19;/h5,8-9,12-13,17-19,21-22,27-28H,4,6-7,10-11,14-16H2,1-3H3,(H,25,29)(H,26,30)(H,31,32);1H2/t18-,21-,22-;/m0./s1. The lowest BCUT2D eigenvalue weighted by molar-refractivity contribution is -0.129. The molecule has 0 aliphatic heterocycles. The van der Waals surface area contributed by atoms with Crippen molar-refractivity contribution in [2.24, 2.45) is 11.8 Å². The Morgan fingerprint density at radius 2 is 1.68 bits per heavy atom. The molecule has 2 amide bonds. The lowest BCUT2D eigenvalue weighted by Crippen LogP contribution is -2.52. The van der Waals surface area contributed by atoms with E-state index in [0.717, 1.165) is 31.4 Å². The lowest BCUT2D eigenvalue weighted by atomic mass is 9.91. The zero-order valence-electron chi connectivity index (χ0n) is 20.5. The fourth-order valence-electron chi connectivity index (χ4n) is 4.23. The predicted octanol–water partition coefficient (Wildman–Crippen LogP) is 2.13. The van der Waals surface area contributed by atoms with E-state index < -0.39 is 31.5 Å². The molecule has 1 aromatic carbocycles. The van der Waals surface area contributed by atoms with E-state index in [-0.39, 0.29) is 42.1 Å². The summed E-state index contributed by atoms with van der Waals surface area (Å²) < 4.78 is 12.5. The van der Waals surface area contributed by atoms with Crippen LogP contribution >= 0.6 is 7.37 Å². The van der Waals surface area contributed by atoms with Gasteiger partial charge in [0, 0.05) is 18.4 Å². The molecule has 0 spiro atoms. The highest BCUT2D eigenvalue weighted by atomic mass is 31.2. The van der Waals surface area contributed by atoms with Gasteiger partial charge in [-0.15, -0.1) is 0 Å². The van der Waals surface area contributed by atoms with E-state index in [1.165, 1.54) is 6.42 Å². The number of hydrogen-bond acceptors (Lipinski definition) is 5. The molecule has 7 N–H and O–H groups in total. The van der Waals surface area contributed by atoms with Gasteiger partial charge in [0.1, 0.15) is 12.1 Å².